The largest absolute Gasteiger partial charge is 0.339 e. The van der Waals surface area contributed by atoms with Crippen LogP contribution >= 0.6 is 0 Å². The van der Waals surface area contributed by atoms with Gasteiger partial charge in [-0.15, -0.1) is 5.10 Å². The maximum absolute atomic E-state index is 4.55. The van der Waals surface area contributed by atoms with Gasteiger partial charge in [0, 0.05) is 11.4 Å². The molecule has 128 valence electrons. The molecule has 0 spiro atoms. The first-order chi connectivity index (χ1) is 12.1. The van der Waals surface area contributed by atoms with E-state index in [-0.39, 0.29) is 0 Å². The van der Waals surface area contributed by atoms with Crippen molar-refractivity contribution < 1.29 is 0 Å². The third kappa shape index (κ3) is 3.94. The van der Waals surface area contributed by atoms with E-state index in [1.807, 2.05) is 0 Å². The van der Waals surface area contributed by atoms with E-state index in [1.54, 1.807) is 6.20 Å². The lowest BCUT2D eigenvalue weighted by Gasteiger charge is -2.13. The monoisotopic (exact) mass is 333 g/mol. The third-order valence-electron chi connectivity index (χ3n) is 4.19. The molecule has 0 fully saturated rings. The Hall–Kier alpha value is -2.95. The fourth-order valence-corrected chi connectivity index (χ4v) is 2.74. The molecule has 3 rings (SSSR count). The van der Waals surface area contributed by atoms with Crippen LogP contribution in [0.25, 0.3) is 0 Å². The second-order valence-electron chi connectivity index (χ2n) is 6.20. The molecule has 0 aliphatic heterocycles. The van der Waals surface area contributed by atoms with Crippen molar-refractivity contribution in [3.05, 3.63) is 64.8 Å². The molecule has 0 unspecified atom stereocenters. The van der Waals surface area contributed by atoms with Crippen molar-refractivity contribution in [2.75, 3.05) is 10.6 Å². The van der Waals surface area contributed by atoms with E-state index in [0.29, 0.717) is 11.8 Å². The quantitative estimate of drug-likeness (QED) is 0.699. The molecule has 0 aliphatic carbocycles. The van der Waals surface area contributed by atoms with Gasteiger partial charge in [-0.05, 0) is 55.5 Å². The van der Waals surface area contributed by atoms with Crippen LogP contribution in [0.5, 0.6) is 0 Å². The normalized spacial score (nSPS) is 10.6. The van der Waals surface area contributed by atoms with Crippen LogP contribution in [-0.2, 0) is 6.42 Å². The lowest BCUT2D eigenvalue weighted by Crippen LogP contribution is -2.05. The zero-order chi connectivity index (χ0) is 17.8. The highest BCUT2D eigenvalue weighted by Crippen LogP contribution is 2.25. The molecule has 1 heterocycles. The van der Waals surface area contributed by atoms with Gasteiger partial charge in [0.2, 0.25) is 5.95 Å². The number of nitrogens with zero attached hydrogens (tertiary/aromatic N) is 3. The number of para-hydroxylation sites is 1. The lowest BCUT2D eigenvalue weighted by molar-refractivity contribution is 0.978. The standard InChI is InChI=1S/C20H23N5/c1-5-16-8-6-7-15(4)19(16)24-20-23-18(12-21-25-20)22-17-11-13(2)9-10-14(17)3/h6-12H,5H2,1-4H3,(H2,22,23,24,25). The van der Waals surface area contributed by atoms with Crippen LogP contribution in [-0.4, -0.2) is 15.2 Å². The van der Waals surface area contributed by atoms with Gasteiger partial charge in [-0.25, -0.2) is 0 Å². The van der Waals surface area contributed by atoms with Gasteiger partial charge in [0.1, 0.15) is 0 Å². The summed E-state index contributed by atoms with van der Waals surface area (Å²) in [6, 6.07) is 12.5. The van der Waals surface area contributed by atoms with Crippen LogP contribution in [0.1, 0.15) is 29.2 Å². The van der Waals surface area contributed by atoms with Gasteiger partial charge in [0.15, 0.2) is 5.82 Å². The van der Waals surface area contributed by atoms with E-state index in [1.165, 1.54) is 11.1 Å². The van der Waals surface area contributed by atoms with Gasteiger partial charge in [-0.2, -0.15) is 10.1 Å². The predicted octanol–water partition coefficient (Wildman–Crippen LogP) is 4.85. The Bertz CT molecular complexity index is 889. The topological polar surface area (TPSA) is 62.7 Å². The molecular formula is C20H23N5. The summed E-state index contributed by atoms with van der Waals surface area (Å²) in [5.41, 5.74) is 6.83. The molecule has 2 aromatic carbocycles. The van der Waals surface area contributed by atoms with E-state index < -0.39 is 0 Å². The van der Waals surface area contributed by atoms with Crippen molar-refractivity contribution in [3.63, 3.8) is 0 Å². The summed E-state index contributed by atoms with van der Waals surface area (Å²) in [4.78, 5) is 4.55. The summed E-state index contributed by atoms with van der Waals surface area (Å²) in [6.07, 6.45) is 2.57. The molecule has 5 heteroatoms. The second-order valence-corrected chi connectivity index (χ2v) is 6.20. The molecule has 0 saturated heterocycles. The average Bonchev–Trinajstić information content (AvgIpc) is 2.60. The molecule has 0 atom stereocenters. The number of benzene rings is 2. The fraction of sp³-hybridized carbons (Fsp3) is 0.250. The van der Waals surface area contributed by atoms with Gasteiger partial charge >= 0.3 is 0 Å². The van der Waals surface area contributed by atoms with Crippen LogP contribution in [0.2, 0.25) is 0 Å². The van der Waals surface area contributed by atoms with Gasteiger partial charge in [-0.3, -0.25) is 0 Å². The molecule has 0 bridgehead atoms. The third-order valence-corrected chi connectivity index (χ3v) is 4.19. The van der Waals surface area contributed by atoms with Crippen LogP contribution in [0, 0.1) is 20.8 Å². The van der Waals surface area contributed by atoms with Crippen molar-refractivity contribution in [2.24, 2.45) is 0 Å². The highest BCUT2D eigenvalue weighted by atomic mass is 15.3. The van der Waals surface area contributed by atoms with Gasteiger partial charge < -0.3 is 10.6 Å². The molecule has 0 saturated carbocycles. The van der Waals surface area contributed by atoms with Crippen LogP contribution in [0.3, 0.4) is 0 Å². The predicted molar refractivity (Wildman–Crippen MR) is 103 cm³/mol. The number of hydrogen-bond acceptors (Lipinski definition) is 5. The number of aromatic nitrogens is 3. The number of nitrogens with one attached hydrogen (secondary N) is 2. The molecular weight excluding hydrogens is 310 g/mol. The minimum Gasteiger partial charge on any atom is -0.339 e. The highest BCUT2D eigenvalue weighted by molar-refractivity contribution is 5.65. The van der Waals surface area contributed by atoms with Crippen LogP contribution in [0.4, 0.5) is 23.1 Å². The van der Waals surface area contributed by atoms with Crippen LogP contribution < -0.4 is 10.6 Å². The molecule has 3 aromatic rings. The Balaban J connectivity index is 1.86. The van der Waals surface area contributed by atoms with Crippen molar-refractivity contribution in [2.45, 2.75) is 34.1 Å². The van der Waals surface area contributed by atoms with Crippen molar-refractivity contribution in [1.29, 1.82) is 0 Å². The summed E-state index contributed by atoms with van der Waals surface area (Å²) < 4.78 is 0. The van der Waals surface area contributed by atoms with E-state index >= 15 is 0 Å². The van der Waals surface area contributed by atoms with Crippen molar-refractivity contribution in [3.8, 4) is 0 Å². The summed E-state index contributed by atoms with van der Waals surface area (Å²) in [5, 5.41) is 14.8. The lowest BCUT2D eigenvalue weighted by atomic mass is 10.1. The molecule has 0 radical (unpaired) electrons. The number of anilines is 4. The Labute approximate surface area is 148 Å². The van der Waals surface area contributed by atoms with Crippen molar-refractivity contribution in [1.82, 2.24) is 15.2 Å². The maximum atomic E-state index is 4.55. The van der Waals surface area contributed by atoms with Crippen molar-refractivity contribution >= 4 is 23.1 Å². The molecule has 25 heavy (non-hydrogen) atoms. The summed E-state index contributed by atoms with van der Waals surface area (Å²) in [5.74, 6) is 1.15. The highest BCUT2D eigenvalue weighted by Gasteiger charge is 2.08. The SMILES string of the molecule is CCc1cccc(C)c1Nc1nncc(Nc2cc(C)ccc2C)n1. The summed E-state index contributed by atoms with van der Waals surface area (Å²) in [6.45, 7) is 8.35. The molecule has 0 aliphatic rings. The summed E-state index contributed by atoms with van der Waals surface area (Å²) in [7, 11) is 0. The van der Waals surface area contributed by atoms with E-state index in [4.69, 9.17) is 0 Å². The first-order valence-electron chi connectivity index (χ1n) is 8.46. The fourth-order valence-electron chi connectivity index (χ4n) is 2.74. The molecule has 5 nitrogen and oxygen atoms in total. The number of aryl methyl sites for hydroxylation is 4. The zero-order valence-electron chi connectivity index (χ0n) is 15.1. The average molecular weight is 333 g/mol. The maximum Gasteiger partial charge on any atom is 0.249 e. The van der Waals surface area contributed by atoms with Crippen LogP contribution in [0.15, 0.2) is 42.6 Å². The Kier molecular flexibility index (Phi) is 4.93. The Morgan fingerprint density at radius 3 is 2.60 bits per heavy atom. The van der Waals surface area contributed by atoms with E-state index in [2.05, 4.69) is 89.9 Å². The smallest absolute Gasteiger partial charge is 0.249 e. The number of rotatable bonds is 5. The Morgan fingerprint density at radius 2 is 1.80 bits per heavy atom. The number of hydrogen-bond donors (Lipinski definition) is 2. The van der Waals surface area contributed by atoms with Gasteiger partial charge in [-0.1, -0.05) is 37.3 Å². The molecule has 2 N–H and O–H groups in total. The Morgan fingerprint density at radius 1 is 0.960 bits per heavy atom. The first kappa shape index (κ1) is 16.9. The minimum atomic E-state index is 0.485. The second kappa shape index (κ2) is 7.30. The van der Waals surface area contributed by atoms with E-state index in [9.17, 15) is 0 Å². The zero-order valence-corrected chi connectivity index (χ0v) is 15.1. The van der Waals surface area contributed by atoms with Gasteiger partial charge in [0.25, 0.3) is 0 Å². The first-order valence-corrected chi connectivity index (χ1v) is 8.46. The van der Waals surface area contributed by atoms with E-state index in [0.717, 1.165) is 28.9 Å². The minimum absolute atomic E-state index is 0.485. The molecule has 1 aromatic heterocycles. The molecule has 0 amide bonds. The summed E-state index contributed by atoms with van der Waals surface area (Å²) >= 11 is 0. The van der Waals surface area contributed by atoms with Gasteiger partial charge in [0.05, 0.1) is 6.20 Å².